The van der Waals surface area contributed by atoms with Gasteiger partial charge in [-0.05, 0) is 23.5 Å². The first-order valence-electron chi connectivity index (χ1n) is 5.77. The van der Waals surface area contributed by atoms with Crippen molar-refractivity contribution in [2.45, 2.75) is 59.7 Å². The van der Waals surface area contributed by atoms with Gasteiger partial charge in [0.05, 0.1) is 6.61 Å². The molecule has 0 radical (unpaired) electrons. The molecule has 0 unspecified atom stereocenters. The van der Waals surface area contributed by atoms with E-state index in [-0.39, 0.29) is 5.41 Å². The molecule has 0 aliphatic heterocycles. The molecule has 0 aromatic rings. The first-order valence-corrected chi connectivity index (χ1v) is 8.68. The lowest BCUT2D eigenvalue weighted by molar-refractivity contribution is 0.326. The maximum absolute atomic E-state index is 6.04. The Morgan fingerprint density at radius 1 is 1.00 bits per heavy atom. The Morgan fingerprint density at radius 2 is 1.47 bits per heavy atom. The molecule has 0 aromatic carbocycles. The van der Waals surface area contributed by atoms with Crippen LogP contribution in [0.3, 0.4) is 0 Å². The van der Waals surface area contributed by atoms with E-state index in [0.29, 0.717) is 5.04 Å². The third-order valence-electron chi connectivity index (χ3n) is 2.96. The Bertz CT molecular complexity index is 216. The average molecular weight is 228 g/mol. The smallest absolute Gasteiger partial charge is 0.192 e. The van der Waals surface area contributed by atoms with Gasteiger partial charge in [0, 0.05) is 0 Å². The minimum absolute atomic E-state index is 0.261. The molecule has 90 valence electrons. The van der Waals surface area contributed by atoms with Crippen molar-refractivity contribution >= 4 is 8.32 Å². The average Bonchev–Trinajstić information content (AvgIpc) is 1.94. The summed E-state index contributed by atoms with van der Waals surface area (Å²) in [7, 11) is -1.55. The molecule has 1 nitrogen and oxygen atoms in total. The SMILES string of the molecule is CC(C)(C)/C=C/CO[Si](C)(C)C(C)(C)C. The Labute approximate surface area is 97.0 Å². The van der Waals surface area contributed by atoms with E-state index in [2.05, 4.69) is 66.8 Å². The molecule has 0 aliphatic carbocycles. The van der Waals surface area contributed by atoms with E-state index in [4.69, 9.17) is 4.43 Å². The maximum Gasteiger partial charge on any atom is 0.192 e. The van der Waals surface area contributed by atoms with E-state index in [1.54, 1.807) is 0 Å². The summed E-state index contributed by atoms with van der Waals surface area (Å²) in [6, 6.07) is 0. The summed E-state index contributed by atoms with van der Waals surface area (Å²) in [5, 5.41) is 0.308. The quantitative estimate of drug-likeness (QED) is 0.506. The summed E-state index contributed by atoms with van der Waals surface area (Å²) in [5.74, 6) is 0. The highest BCUT2D eigenvalue weighted by Gasteiger charge is 2.36. The van der Waals surface area contributed by atoms with Gasteiger partial charge in [0.25, 0.3) is 0 Å². The standard InChI is InChI=1S/C13H28OSi/c1-12(2,3)10-9-11-14-15(7,8)13(4,5)6/h9-10H,11H2,1-8H3/b10-9+. The van der Waals surface area contributed by atoms with Crippen LogP contribution in [-0.2, 0) is 4.43 Å². The van der Waals surface area contributed by atoms with Gasteiger partial charge in [-0.2, -0.15) is 0 Å². The molecule has 2 heteroatoms. The maximum atomic E-state index is 6.04. The molecule has 0 aromatic heterocycles. The first-order chi connectivity index (χ1) is 6.46. The van der Waals surface area contributed by atoms with Crippen LogP contribution in [0.15, 0.2) is 12.2 Å². The Kier molecular flexibility index (Phi) is 4.81. The van der Waals surface area contributed by atoms with Gasteiger partial charge in [0.1, 0.15) is 0 Å². The number of hydrogen-bond donors (Lipinski definition) is 0. The fourth-order valence-corrected chi connectivity index (χ4v) is 1.82. The van der Waals surface area contributed by atoms with Gasteiger partial charge < -0.3 is 4.43 Å². The second-order valence-electron chi connectivity index (χ2n) is 6.84. The third-order valence-corrected chi connectivity index (χ3v) is 7.47. The number of allylic oxidation sites excluding steroid dienone is 1. The lowest BCUT2D eigenvalue weighted by atomic mass is 9.97. The fourth-order valence-electron chi connectivity index (χ4n) is 0.875. The summed E-state index contributed by atoms with van der Waals surface area (Å²) in [4.78, 5) is 0. The monoisotopic (exact) mass is 228 g/mol. The molecule has 15 heavy (non-hydrogen) atoms. The summed E-state index contributed by atoms with van der Waals surface area (Å²) in [5.41, 5.74) is 0.261. The predicted molar refractivity (Wildman–Crippen MR) is 71.7 cm³/mol. The Morgan fingerprint density at radius 3 is 1.80 bits per heavy atom. The van der Waals surface area contributed by atoms with E-state index in [1.807, 2.05) is 0 Å². The molecule has 0 N–H and O–H groups in total. The van der Waals surface area contributed by atoms with E-state index < -0.39 is 8.32 Å². The summed E-state index contributed by atoms with van der Waals surface area (Å²) >= 11 is 0. The zero-order chi connectivity index (χ0) is 12.3. The molecule has 0 atom stereocenters. The van der Waals surface area contributed by atoms with Gasteiger partial charge in [0.2, 0.25) is 0 Å². The predicted octanol–water partition coefficient (Wildman–Crippen LogP) is 4.61. The van der Waals surface area contributed by atoms with Crippen molar-refractivity contribution in [3.63, 3.8) is 0 Å². The minimum atomic E-state index is -1.55. The molecular weight excluding hydrogens is 200 g/mol. The van der Waals surface area contributed by atoms with Crippen LogP contribution in [0.2, 0.25) is 18.1 Å². The molecule has 0 rings (SSSR count). The third kappa shape index (κ3) is 6.16. The number of hydrogen-bond acceptors (Lipinski definition) is 1. The van der Waals surface area contributed by atoms with E-state index in [1.165, 1.54) is 0 Å². The molecule has 0 aliphatic rings. The Balaban J connectivity index is 4.13. The highest BCUT2D eigenvalue weighted by Crippen LogP contribution is 2.36. The molecule has 0 spiro atoms. The van der Waals surface area contributed by atoms with Crippen molar-refractivity contribution in [3.05, 3.63) is 12.2 Å². The van der Waals surface area contributed by atoms with E-state index >= 15 is 0 Å². The van der Waals surface area contributed by atoms with Crippen LogP contribution in [0.1, 0.15) is 41.5 Å². The highest BCUT2D eigenvalue weighted by molar-refractivity contribution is 6.74. The topological polar surface area (TPSA) is 9.23 Å². The van der Waals surface area contributed by atoms with E-state index in [9.17, 15) is 0 Å². The lowest BCUT2D eigenvalue weighted by Crippen LogP contribution is -2.40. The molecule has 0 bridgehead atoms. The van der Waals surface area contributed by atoms with Crippen LogP contribution in [-0.4, -0.2) is 14.9 Å². The van der Waals surface area contributed by atoms with Gasteiger partial charge in [0.15, 0.2) is 8.32 Å². The fraction of sp³-hybridized carbons (Fsp3) is 0.846. The first kappa shape index (κ1) is 14.9. The second-order valence-corrected chi connectivity index (χ2v) is 11.6. The van der Waals surface area contributed by atoms with Crippen molar-refractivity contribution in [2.75, 3.05) is 6.61 Å². The van der Waals surface area contributed by atoms with Crippen molar-refractivity contribution in [3.8, 4) is 0 Å². The zero-order valence-corrected chi connectivity index (χ0v) is 12.8. The minimum Gasteiger partial charge on any atom is -0.413 e. The van der Waals surface area contributed by atoms with Gasteiger partial charge >= 0.3 is 0 Å². The molecule has 0 heterocycles. The van der Waals surface area contributed by atoms with Gasteiger partial charge in [-0.1, -0.05) is 53.7 Å². The normalized spacial score (nSPS) is 14.9. The van der Waals surface area contributed by atoms with Crippen LogP contribution < -0.4 is 0 Å². The van der Waals surface area contributed by atoms with Crippen molar-refractivity contribution in [1.29, 1.82) is 0 Å². The summed E-state index contributed by atoms with van der Waals surface area (Å²) in [6.07, 6.45) is 4.38. The van der Waals surface area contributed by atoms with Crippen LogP contribution >= 0.6 is 0 Å². The van der Waals surface area contributed by atoms with Crippen molar-refractivity contribution in [2.24, 2.45) is 5.41 Å². The number of rotatable bonds is 3. The zero-order valence-electron chi connectivity index (χ0n) is 11.8. The van der Waals surface area contributed by atoms with E-state index in [0.717, 1.165) is 6.61 Å². The second kappa shape index (κ2) is 4.83. The molecule has 0 saturated heterocycles. The molecule has 0 saturated carbocycles. The molecular formula is C13H28OSi. The van der Waals surface area contributed by atoms with Crippen LogP contribution in [0.4, 0.5) is 0 Å². The van der Waals surface area contributed by atoms with Crippen molar-refractivity contribution < 1.29 is 4.43 Å². The highest BCUT2D eigenvalue weighted by atomic mass is 28.4. The van der Waals surface area contributed by atoms with Crippen LogP contribution in [0, 0.1) is 5.41 Å². The molecule has 0 fully saturated rings. The van der Waals surface area contributed by atoms with Crippen LogP contribution in [0.5, 0.6) is 0 Å². The van der Waals surface area contributed by atoms with Crippen LogP contribution in [0.25, 0.3) is 0 Å². The lowest BCUT2D eigenvalue weighted by Gasteiger charge is -2.35. The van der Waals surface area contributed by atoms with Gasteiger partial charge in [-0.15, -0.1) is 0 Å². The summed E-state index contributed by atoms with van der Waals surface area (Å²) in [6.45, 7) is 18.8. The van der Waals surface area contributed by atoms with Gasteiger partial charge in [-0.25, -0.2) is 0 Å². The Hall–Kier alpha value is -0.0831. The summed E-state index contributed by atoms with van der Waals surface area (Å²) < 4.78 is 6.04. The van der Waals surface area contributed by atoms with Crippen molar-refractivity contribution in [1.82, 2.24) is 0 Å². The molecule has 0 amide bonds. The largest absolute Gasteiger partial charge is 0.413 e. The van der Waals surface area contributed by atoms with Gasteiger partial charge in [-0.3, -0.25) is 0 Å².